The number of rotatable bonds is 3. The largest absolute Gasteiger partial charge is 0.480 e. The number of hydrogen-bond donors (Lipinski definition) is 2. The van der Waals surface area contributed by atoms with Crippen LogP contribution in [0.1, 0.15) is 33.1 Å². The molecule has 1 amide bonds. The van der Waals surface area contributed by atoms with Crippen LogP contribution >= 0.6 is 0 Å². The average Bonchev–Trinajstić information content (AvgIpc) is 2.78. The first-order valence-electron chi connectivity index (χ1n) is 7.27. The van der Waals surface area contributed by atoms with Gasteiger partial charge in [0.25, 0.3) is 0 Å². The van der Waals surface area contributed by atoms with E-state index in [0.29, 0.717) is 25.5 Å². The first-order valence-corrected chi connectivity index (χ1v) is 7.27. The Morgan fingerprint density at radius 2 is 2.20 bits per heavy atom. The van der Waals surface area contributed by atoms with Crippen molar-refractivity contribution in [2.45, 2.75) is 45.2 Å². The second-order valence-electron chi connectivity index (χ2n) is 6.19. The van der Waals surface area contributed by atoms with Gasteiger partial charge in [-0.1, -0.05) is 13.3 Å². The molecule has 0 aromatic rings. The number of carboxylic acid groups (broad SMARTS) is 1. The number of likely N-dealkylation sites (tertiary alicyclic amines) is 1. The minimum atomic E-state index is -0.924. The van der Waals surface area contributed by atoms with Crippen LogP contribution < -0.4 is 5.73 Å². The highest BCUT2D eigenvalue weighted by Gasteiger charge is 2.49. The third-order valence-corrected chi connectivity index (χ3v) is 4.84. The van der Waals surface area contributed by atoms with Crippen molar-refractivity contribution in [2.24, 2.45) is 17.1 Å². The van der Waals surface area contributed by atoms with Gasteiger partial charge in [0.05, 0.1) is 18.6 Å². The molecular weight excluding hydrogens is 260 g/mol. The van der Waals surface area contributed by atoms with Gasteiger partial charge in [-0.2, -0.15) is 0 Å². The molecule has 2 aliphatic rings. The molecule has 6 nitrogen and oxygen atoms in total. The zero-order valence-corrected chi connectivity index (χ0v) is 12.2. The number of hydrogen-bond acceptors (Lipinski definition) is 4. The van der Waals surface area contributed by atoms with E-state index < -0.39 is 17.4 Å². The van der Waals surface area contributed by atoms with E-state index in [9.17, 15) is 14.7 Å². The number of nitrogens with two attached hydrogens (primary N) is 1. The molecule has 6 heteroatoms. The Bertz CT molecular complexity index is 401. The van der Waals surface area contributed by atoms with Crippen molar-refractivity contribution in [3.8, 4) is 0 Å². The maximum atomic E-state index is 12.7. The average molecular weight is 284 g/mol. The zero-order chi connectivity index (χ0) is 14.9. The number of nitrogens with zero attached hydrogens (tertiary/aromatic N) is 1. The second-order valence-corrected chi connectivity index (χ2v) is 6.19. The minimum absolute atomic E-state index is 0.176. The van der Waals surface area contributed by atoms with Crippen molar-refractivity contribution in [1.82, 2.24) is 4.90 Å². The minimum Gasteiger partial charge on any atom is -0.480 e. The van der Waals surface area contributed by atoms with Gasteiger partial charge in [0, 0.05) is 12.6 Å². The van der Waals surface area contributed by atoms with Gasteiger partial charge in [-0.05, 0) is 25.7 Å². The summed E-state index contributed by atoms with van der Waals surface area (Å²) in [4.78, 5) is 25.7. The number of carbonyl (C=O) groups is 2. The summed E-state index contributed by atoms with van der Waals surface area (Å²) in [7, 11) is 0. The van der Waals surface area contributed by atoms with Crippen molar-refractivity contribution in [1.29, 1.82) is 0 Å². The maximum absolute atomic E-state index is 12.7. The molecule has 2 rings (SSSR count). The fourth-order valence-electron chi connectivity index (χ4n) is 3.12. The fourth-order valence-corrected chi connectivity index (χ4v) is 3.12. The molecule has 0 aromatic heterocycles. The molecule has 20 heavy (non-hydrogen) atoms. The molecule has 2 heterocycles. The molecule has 0 aromatic carbocycles. The van der Waals surface area contributed by atoms with Crippen molar-refractivity contribution in [3.05, 3.63) is 0 Å². The van der Waals surface area contributed by atoms with Crippen molar-refractivity contribution < 1.29 is 19.4 Å². The summed E-state index contributed by atoms with van der Waals surface area (Å²) in [5, 5.41) is 9.41. The molecule has 0 bridgehead atoms. The van der Waals surface area contributed by atoms with Crippen LogP contribution in [0.15, 0.2) is 0 Å². The highest BCUT2D eigenvalue weighted by molar-refractivity contribution is 5.88. The second kappa shape index (κ2) is 5.69. The van der Waals surface area contributed by atoms with E-state index in [-0.39, 0.29) is 18.6 Å². The maximum Gasteiger partial charge on any atom is 0.326 e. The summed E-state index contributed by atoms with van der Waals surface area (Å²) in [5.74, 6) is -0.724. The Morgan fingerprint density at radius 1 is 1.50 bits per heavy atom. The van der Waals surface area contributed by atoms with Crippen LogP contribution in [0, 0.1) is 11.3 Å². The van der Waals surface area contributed by atoms with E-state index in [0.717, 1.165) is 12.8 Å². The van der Waals surface area contributed by atoms with Crippen molar-refractivity contribution in [2.75, 3.05) is 19.8 Å². The lowest BCUT2D eigenvalue weighted by atomic mass is 9.81. The Labute approximate surface area is 119 Å². The molecule has 4 atom stereocenters. The van der Waals surface area contributed by atoms with Gasteiger partial charge in [0.2, 0.25) is 5.91 Å². The van der Waals surface area contributed by atoms with Crippen LogP contribution in [0.25, 0.3) is 0 Å². The van der Waals surface area contributed by atoms with Crippen LogP contribution in [0.4, 0.5) is 0 Å². The number of carbonyl (C=O) groups excluding carboxylic acids is 1. The SMILES string of the molecule is CCC1CCN(C(=O)C2(C)COCC2N)C(C(=O)O)C1. The van der Waals surface area contributed by atoms with Crippen molar-refractivity contribution >= 4 is 11.9 Å². The summed E-state index contributed by atoms with van der Waals surface area (Å²) < 4.78 is 5.30. The highest BCUT2D eigenvalue weighted by Crippen LogP contribution is 2.34. The molecule has 0 aliphatic carbocycles. The quantitative estimate of drug-likeness (QED) is 0.785. The third kappa shape index (κ3) is 2.54. The van der Waals surface area contributed by atoms with Crippen molar-refractivity contribution in [3.63, 3.8) is 0 Å². The highest BCUT2D eigenvalue weighted by atomic mass is 16.5. The molecule has 2 saturated heterocycles. The summed E-state index contributed by atoms with van der Waals surface area (Å²) in [6, 6.07) is -1.10. The van der Waals surface area contributed by atoms with E-state index in [1.165, 1.54) is 4.90 Å². The molecule has 3 N–H and O–H groups in total. The van der Waals surface area contributed by atoms with Crippen LogP contribution in [0.2, 0.25) is 0 Å². The zero-order valence-electron chi connectivity index (χ0n) is 12.2. The van der Waals surface area contributed by atoms with E-state index in [2.05, 4.69) is 6.92 Å². The van der Waals surface area contributed by atoms with E-state index in [4.69, 9.17) is 10.5 Å². The molecule has 0 radical (unpaired) electrons. The summed E-state index contributed by atoms with van der Waals surface area (Å²) in [5.41, 5.74) is 5.18. The van der Waals surface area contributed by atoms with Crippen LogP contribution in [0.5, 0.6) is 0 Å². The van der Waals surface area contributed by atoms with Gasteiger partial charge < -0.3 is 20.5 Å². The lowest BCUT2D eigenvalue weighted by Crippen LogP contribution is -2.58. The smallest absolute Gasteiger partial charge is 0.326 e. The van der Waals surface area contributed by atoms with E-state index in [1.807, 2.05) is 0 Å². The van der Waals surface area contributed by atoms with E-state index in [1.54, 1.807) is 6.92 Å². The molecule has 0 spiro atoms. The summed E-state index contributed by atoms with van der Waals surface area (Å²) >= 11 is 0. The van der Waals surface area contributed by atoms with Gasteiger partial charge >= 0.3 is 5.97 Å². The normalized spacial score (nSPS) is 38.0. The Morgan fingerprint density at radius 3 is 2.70 bits per heavy atom. The van der Waals surface area contributed by atoms with Crippen LogP contribution in [-0.4, -0.2) is 53.7 Å². The third-order valence-electron chi connectivity index (χ3n) is 4.84. The summed E-state index contributed by atoms with van der Waals surface area (Å²) in [6.07, 6.45) is 2.34. The number of piperidine rings is 1. The Balaban J connectivity index is 2.17. The molecule has 0 saturated carbocycles. The first kappa shape index (κ1) is 15.3. The van der Waals surface area contributed by atoms with Gasteiger partial charge in [0.1, 0.15) is 6.04 Å². The molecular formula is C14H24N2O4. The predicted molar refractivity (Wildman–Crippen MR) is 73.1 cm³/mol. The predicted octanol–water partition coefficient (Wildman–Crippen LogP) is 0.452. The molecule has 114 valence electrons. The lowest BCUT2D eigenvalue weighted by molar-refractivity contribution is -0.158. The number of carboxylic acids is 1. The van der Waals surface area contributed by atoms with Gasteiger partial charge in [-0.15, -0.1) is 0 Å². The number of aliphatic carboxylic acids is 1. The molecule has 4 unspecified atom stereocenters. The number of ether oxygens (including phenoxy) is 1. The molecule has 2 fully saturated rings. The van der Waals surface area contributed by atoms with E-state index >= 15 is 0 Å². The lowest BCUT2D eigenvalue weighted by Gasteiger charge is -2.41. The Hall–Kier alpha value is -1.14. The van der Waals surface area contributed by atoms with Crippen LogP contribution in [-0.2, 0) is 14.3 Å². The van der Waals surface area contributed by atoms with Crippen LogP contribution in [0.3, 0.4) is 0 Å². The van der Waals surface area contributed by atoms with Gasteiger partial charge in [-0.3, -0.25) is 4.79 Å². The summed E-state index contributed by atoms with van der Waals surface area (Å²) in [6.45, 7) is 4.95. The topological polar surface area (TPSA) is 92.9 Å². The van der Waals surface area contributed by atoms with Gasteiger partial charge in [0.15, 0.2) is 0 Å². The van der Waals surface area contributed by atoms with Gasteiger partial charge in [-0.25, -0.2) is 4.79 Å². The fraction of sp³-hybridized carbons (Fsp3) is 0.857. The monoisotopic (exact) mass is 284 g/mol. The first-order chi connectivity index (χ1) is 9.40. The molecule has 2 aliphatic heterocycles. The Kier molecular flexibility index (Phi) is 4.34. The standard InChI is InChI=1S/C14H24N2O4/c1-3-9-4-5-16(10(6-9)12(17)18)13(19)14(2)8-20-7-11(14)15/h9-11H,3-8,15H2,1-2H3,(H,17,18). The number of amides is 1.